The zero-order valence-corrected chi connectivity index (χ0v) is 10.7. The molecule has 0 aromatic carbocycles. The molecule has 0 heterocycles. The number of unbranched alkanes of at least 4 members (excludes halogenated alkanes) is 2. The molecule has 0 unspecified atom stereocenters. The Morgan fingerprint density at radius 1 is 0.905 bits per heavy atom. The number of rotatable bonds is 8. The minimum atomic E-state index is -6.22. The molecule has 0 bridgehead atoms. The Bertz CT molecular complexity index is 335. The Morgan fingerprint density at radius 3 is 1.81 bits per heavy atom. The van der Waals surface area contributed by atoms with Gasteiger partial charge < -0.3 is 9.47 Å². The summed E-state index contributed by atoms with van der Waals surface area (Å²) >= 11 is 0. The van der Waals surface area contributed by atoms with E-state index in [0.29, 0.717) is 0 Å². The highest BCUT2D eigenvalue weighted by Gasteiger charge is 2.74. The predicted octanol–water partition coefficient (Wildman–Crippen LogP) is 3.69. The lowest BCUT2D eigenvalue weighted by Crippen LogP contribution is -2.55. The van der Waals surface area contributed by atoms with Gasteiger partial charge in [-0.2, -0.15) is 30.7 Å². The molecule has 0 fully saturated rings. The molecular formula is C11H13F7O3. The summed E-state index contributed by atoms with van der Waals surface area (Å²) in [6.45, 7) is 1.96. The fraction of sp³-hybridized carbons (Fsp3) is 0.727. The number of hydrogen-bond donors (Lipinski definition) is 0. The molecule has 21 heavy (non-hydrogen) atoms. The maximum atomic E-state index is 13.0. The highest BCUT2D eigenvalue weighted by molar-refractivity contribution is 5.81. The normalized spacial score (nSPS) is 13.1. The number of ether oxygens (including phenoxy) is 2. The van der Waals surface area contributed by atoms with Gasteiger partial charge in [0.25, 0.3) is 0 Å². The van der Waals surface area contributed by atoms with Gasteiger partial charge in [0.1, 0.15) is 0 Å². The average Bonchev–Trinajstić information content (AvgIpc) is 2.34. The van der Waals surface area contributed by atoms with Crippen molar-refractivity contribution in [3.8, 4) is 0 Å². The standard InChI is InChI=1S/C11H13F7O3/c1-2-8(19)20-6-4-3-5-7-21-9(12,10(13,14)15)11(16,17)18/h2H,1,3-7H2. The number of carbonyl (C=O) groups excluding carboxylic acids is 1. The van der Waals surface area contributed by atoms with E-state index in [-0.39, 0.29) is 25.9 Å². The van der Waals surface area contributed by atoms with Crippen LogP contribution in [0.15, 0.2) is 12.7 Å². The smallest absolute Gasteiger partial charge is 0.458 e. The Hall–Kier alpha value is -1.32. The van der Waals surface area contributed by atoms with Gasteiger partial charge in [-0.1, -0.05) is 6.58 Å². The molecule has 10 heteroatoms. The Morgan fingerprint density at radius 2 is 1.38 bits per heavy atom. The van der Waals surface area contributed by atoms with Crippen molar-refractivity contribution in [3.63, 3.8) is 0 Å². The van der Waals surface area contributed by atoms with E-state index in [1.54, 1.807) is 0 Å². The van der Waals surface area contributed by atoms with E-state index in [1.807, 2.05) is 0 Å². The summed E-state index contributed by atoms with van der Waals surface area (Å²) < 4.78 is 93.3. The van der Waals surface area contributed by atoms with E-state index in [9.17, 15) is 35.5 Å². The molecule has 0 amide bonds. The number of carbonyl (C=O) groups is 1. The third kappa shape index (κ3) is 5.90. The number of esters is 1. The van der Waals surface area contributed by atoms with E-state index < -0.39 is 30.8 Å². The van der Waals surface area contributed by atoms with Crippen molar-refractivity contribution in [2.75, 3.05) is 13.2 Å². The first-order valence-corrected chi connectivity index (χ1v) is 5.71. The molecule has 0 aliphatic heterocycles. The van der Waals surface area contributed by atoms with Crippen molar-refractivity contribution < 1.29 is 45.0 Å². The van der Waals surface area contributed by atoms with Crippen LogP contribution in [-0.4, -0.2) is 37.4 Å². The lowest BCUT2D eigenvalue weighted by Gasteiger charge is -2.29. The Balaban J connectivity index is 4.13. The quantitative estimate of drug-likeness (QED) is 0.295. The molecule has 0 radical (unpaired) electrons. The predicted molar refractivity (Wildman–Crippen MR) is 56.9 cm³/mol. The highest BCUT2D eigenvalue weighted by Crippen LogP contribution is 2.46. The van der Waals surface area contributed by atoms with Crippen LogP contribution in [0, 0.1) is 0 Å². The largest absolute Gasteiger partial charge is 0.463 e. The highest BCUT2D eigenvalue weighted by atomic mass is 19.4. The second-order valence-corrected chi connectivity index (χ2v) is 3.87. The zero-order valence-electron chi connectivity index (χ0n) is 10.7. The average molecular weight is 326 g/mol. The van der Waals surface area contributed by atoms with Crippen LogP contribution in [0.25, 0.3) is 0 Å². The SMILES string of the molecule is C=CC(=O)OCCCCCOC(F)(C(F)(F)F)C(F)(F)F. The van der Waals surface area contributed by atoms with Gasteiger partial charge in [0.05, 0.1) is 13.2 Å². The maximum Gasteiger partial charge on any atom is 0.458 e. The minimum Gasteiger partial charge on any atom is -0.463 e. The second kappa shape index (κ2) is 7.62. The van der Waals surface area contributed by atoms with Crippen molar-refractivity contribution in [2.24, 2.45) is 0 Å². The summed E-state index contributed by atoms with van der Waals surface area (Å²) in [5.74, 6) is -6.39. The summed E-state index contributed by atoms with van der Waals surface area (Å²) in [6.07, 6.45) is -11.5. The van der Waals surface area contributed by atoms with Gasteiger partial charge in [0.2, 0.25) is 0 Å². The molecule has 0 aromatic rings. The first kappa shape index (κ1) is 19.7. The fourth-order valence-electron chi connectivity index (χ4n) is 1.15. The van der Waals surface area contributed by atoms with Crippen LogP contribution < -0.4 is 0 Å². The maximum absolute atomic E-state index is 13.0. The van der Waals surface area contributed by atoms with E-state index >= 15 is 0 Å². The van der Waals surface area contributed by atoms with E-state index in [2.05, 4.69) is 16.1 Å². The zero-order chi connectivity index (χ0) is 16.7. The molecule has 0 saturated heterocycles. The summed E-state index contributed by atoms with van der Waals surface area (Å²) in [6, 6.07) is 0. The van der Waals surface area contributed by atoms with Crippen LogP contribution in [0.5, 0.6) is 0 Å². The number of halogens is 7. The lowest BCUT2D eigenvalue weighted by atomic mass is 10.2. The van der Waals surface area contributed by atoms with Gasteiger partial charge in [0, 0.05) is 6.08 Å². The van der Waals surface area contributed by atoms with Crippen LogP contribution >= 0.6 is 0 Å². The fourth-order valence-corrected chi connectivity index (χ4v) is 1.15. The molecule has 0 rings (SSSR count). The van der Waals surface area contributed by atoms with Gasteiger partial charge in [-0.25, -0.2) is 4.79 Å². The van der Waals surface area contributed by atoms with Crippen LogP contribution in [0.3, 0.4) is 0 Å². The van der Waals surface area contributed by atoms with Crippen LogP contribution in [0.4, 0.5) is 30.7 Å². The topological polar surface area (TPSA) is 35.5 Å². The summed E-state index contributed by atoms with van der Waals surface area (Å²) in [7, 11) is 0. The first-order valence-electron chi connectivity index (χ1n) is 5.71. The van der Waals surface area contributed by atoms with Crippen LogP contribution in [0.2, 0.25) is 0 Å². The van der Waals surface area contributed by atoms with Gasteiger partial charge >= 0.3 is 24.2 Å². The molecule has 0 aliphatic rings. The summed E-state index contributed by atoms with van der Waals surface area (Å²) in [4.78, 5) is 10.6. The van der Waals surface area contributed by atoms with E-state index in [4.69, 9.17) is 0 Å². The van der Waals surface area contributed by atoms with E-state index in [0.717, 1.165) is 6.08 Å². The van der Waals surface area contributed by atoms with Crippen LogP contribution in [-0.2, 0) is 14.3 Å². The van der Waals surface area contributed by atoms with Gasteiger partial charge in [-0.05, 0) is 19.3 Å². The summed E-state index contributed by atoms with van der Waals surface area (Å²) in [5, 5.41) is 0. The van der Waals surface area contributed by atoms with Crippen molar-refractivity contribution in [1.29, 1.82) is 0 Å². The summed E-state index contributed by atoms with van der Waals surface area (Å²) in [5.41, 5.74) is 0. The molecule has 3 nitrogen and oxygen atoms in total. The molecule has 0 aliphatic carbocycles. The number of alkyl halides is 7. The Kier molecular flexibility index (Phi) is 7.14. The van der Waals surface area contributed by atoms with Crippen molar-refractivity contribution in [1.82, 2.24) is 0 Å². The molecule has 0 spiro atoms. The molecular weight excluding hydrogens is 313 g/mol. The molecule has 0 saturated carbocycles. The second-order valence-electron chi connectivity index (χ2n) is 3.87. The third-order valence-corrected chi connectivity index (χ3v) is 2.23. The lowest BCUT2D eigenvalue weighted by molar-refractivity contribution is -0.430. The van der Waals surface area contributed by atoms with Gasteiger partial charge in [-0.3, -0.25) is 0 Å². The van der Waals surface area contributed by atoms with E-state index in [1.165, 1.54) is 0 Å². The molecule has 0 N–H and O–H groups in total. The van der Waals surface area contributed by atoms with Crippen molar-refractivity contribution in [3.05, 3.63) is 12.7 Å². The first-order chi connectivity index (χ1) is 9.45. The Labute approximate surface area is 115 Å². The molecule has 0 atom stereocenters. The van der Waals surface area contributed by atoms with Crippen molar-refractivity contribution in [2.45, 2.75) is 37.5 Å². The minimum absolute atomic E-state index is 0.0792. The number of hydrogen-bond acceptors (Lipinski definition) is 3. The monoisotopic (exact) mass is 326 g/mol. The molecule has 0 aromatic heterocycles. The van der Waals surface area contributed by atoms with Gasteiger partial charge in [0.15, 0.2) is 0 Å². The van der Waals surface area contributed by atoms with Crippen molar-refractivity contribution >= 4 is 5.97 Å². The van der Waals surface area contributed by atoms with Crippen LogP contribution in [0.1, 0.15) is 19.3 Å². The third-order valence-electron chi connectivity index (χ3n) is 2.23. The molecule has 124 valence electrons. The van der Waals surface area contributed by atoms with Gasteiger partial charge in [-0.15, -0.1) is 0 Å².